The van der Waals surface area contributed by atoms with E-state index in [1.54, 1.807) is 0 Å². The van der Waals surface area contributed by atoms with Crippen LogP contribution >= 0.6 is 0 Å². The first kappa shape index (κ1) is 9.15. The van der Waals surface area contributed by atoms with E-state index in [1.165, 1.54) is 12.1 Å². The second-order valence-electron chi connectivity index (χ2n) is 2.31. The van der Waals surface area contributed by atoms with Gasteiger partial charge in [-0.3, -0.25) is 0 Å². The molecule has 0 fully saturated rings. The summed E-state index contributed by atoms with van der Waals surface area (Å²) >= 11 is -1.94. The minimum Gasteiger partial charge on any atom is -0.398 e. The van der Waals surface area contributed by atoms with Crippen LogP contribution in [0.25, 0.3) is 0 Å². The molecule has 0 saturated heterocycles. The van der Waals surface area contributed by atoms with Gasteiger partial charge in [0.25, 0.3) is 0 Å². The molecule has 1 unspecified atom stereocenters. The molecule has 0 radical (unpaired) electrons. The Bertz CT molecular complexity index is 316. The van der Waals surface area contributed by atoms with Crippen molar-refractivity contribution >= 4 is 16.8 Å². The van der Waals surface area contributed by atoms with Crippen molar-refractivity contribution in [2.75, 3.05) is 5.73 Å². The number of anilines is 1. The summed E-state index contributed by atoms with van der Waals surface area (Å²) in [6.07, 6.45) is 0. The molecule has 0 aromatic heterocycles. The van der Waals surface area contributed by atoms with Crippen LogP contribution < -0.4 is 5.73 Å². The van der Waals surface area contributed by atoms with Gasteiger partial charge >= 0.3 is 0 Å². The number of halogens is 1. The number of hydrogen-bond acceptors (Lipinski definition) is 2. The highest BCUT2D eigenvalue weighted by Crippen LogP contribution is 2.14. The van der Waals surface area contributed by atoms with E-state index in [-0.39, 0.29) is 11.4 Å². The fourth-order valence-electron chi connectivity index (χ4n) is 0.830. The zero-order valence-corrected chi connectivity index (χ0v) is 6.97. The van der Waals surface area contributed by atoms with Gasteiger partial charge in [-0.05, 0) is 17.7 Å². The van der Waals surface area contributed by atoms with E-state index in [0.29, 0.717) is 5.56 Å². The third kappa shape index (κ3) is 2.28. The smallest absolute Gasteiger partial charge is 0.157 e. The van der Waals surface area contributed by atoms with E-state index >= 15 is 0 Å². The Morgan fingerprint density at radius 2 is 2.25 bits per heavy atom. The minimum atomic E-state index is -1.94. The van der Waals surface area contributed by atoms with Crippen molar-refractivity contribution in [3.8, 4) is 0 Å². The SMILES string of the molecule is Nc1cc(F)ccc1CS(=O)O. The number of nitrogens with two attached hydrogens (primary N) is 1. The van der Waals surface area contributed by atoms with E-state index in [1.807, 2.05) is 0 Å². The molecule has 1 aromatic carbocycles. The number of rotatable bonds is 2. The minimum absolute atomic E-state index is 0.0634. The zero-order valence-electron chi connectivity index (χ0n) is 6.16. The van der Waals surface area contributed by atoms with Crippen LogP contribution in [0.3, 0.4) is 0 Å². The number of benzene rings is 1. The predicted molar refractivity (Wildman–Crippen MR) is 45.3 cm³/mol. The molecular weight excluding hydrogens is 181 g/mol. The fourth-order valence-corrected chi connectivity index (χ4v) is 1.36. The van der Waals surface area contributed by atoms with E-state index in [2.05, 4.69) is 0 Å². The van der Waals surface area contributed by atoms with Crippen LogP contribution in [0.4, 0.5) is 10.1 Å². The summed E-state index contributed by atoms with van der Waals surface area (Å²) in [5.74, 6) is -0.508. The highest BCUT2D eigenvalue weighted by Gasteiger charge is 2.03. The van der Waals surface area contributed by atoms with Crippen molar-refractivity contribution in [1.82, 2.24) is 0 Å². The van der Waals surface area contributed by atoms with Gasteiger partial charge in [0.05, 0.1) is 5.75 Å². The van der Waals surface area contributed by atoms with E-state index in [9.17, 15) is 8.60 Å². The monoisotopic (exact) mass is 189 g/mol. The van der Waals surface area contributed by atoms with Gasteiger partial charge in [0.2, 0.25) is 0 Å². The second kappa shape index (κ2) is 3.64. The van der Waals surface area contributed by atoms with Crippen LogP contribution in [-0.4, -0.2) is 8.76 Å². The fraction of sp³-hybridized carbons (Fsp3) is 0.143. The zero-order chi connectivity index (χ0) is 9.14. The van der Waals surface area contributed by atoms with Crippen LogP contribution in [-0.2, 0) is 16.8 Å². The van der Waals surface area contributed by atoms with Gasteiger partial charge in [0.1, 0.15) is 5.82 Å². The Kier molecular flexibility index (Phi) is 2.78. The van der Waals surface area contributed by atoms with Crippen LogP contribution in [0.15, 0.2) is 18.2 Å². The van der Waals surface area contributed by atoms with Crippen LogP contribution in [0.5, 0.6) is 0 Å². The molecule has 3 nitrogen and oxygen atoms in total. The van der Waals surface area contributed by atoms with Crippen molar-refractivity contribution in [3.05, 3.63) is 29.6 Å². The molecule has 1 rings (SSSR count). The lowest BCUT2D eigenvalue weighted by atomic mass is 10.2. The van der Waals surface area contributed by atoms with Crippen molar-refractivity contribution < 1.29 is 13.2 Å². The summed E-state index contributed by atoms with van der Waals surface area (Å²) in [7, 11) is 0. The van der Waals surface area contributed by atoms with Gasteiger partial charge in [-0.15, -0.1) is 0 Å². The maximum atomic E-state index is 12.5. The average Bonchev–Trinajstić information content (AvgIpc) is 1.94. The highest BCUT2D eigenvalue weighted by atomic mass is 32.2. The molecule has 5 heteroatoms. The summed E-state index contributed by atoms with van der Waals surface area (Å²) in [6, 6.07) is 3.74. The van der Waals surface area contributed by atoms with Crippen molar-refractivity contribution in [2.24, 2.45) is 0 Å². The molecule has 0 saturated carbocycles. The molecule has 0 heterocycles. The molecule has 1 atom stereocenters. The molecule has 0 amide bonds. The van der Waals surface area contributed by atoms with Crippen molar-refractivity contribution in [1.29, 1.82) is 0 Å². The maximum absolute atomic E-state index is 12.5. The number of nitrogen functional groups attached to an aromatic ring is 1. The molecule has 66 valence electrons. The Labute approximate surface area is 71.7 Å². The lowest BCUT2D eigenvalue weighted by Gasteiger charge is -2.01. The van der Waals surface area contributed by atoms with Crippen molar-refractivity contribution in [2.45, 2.75) is 5.75 Å². The highest BCUT2D eigenvalue weighted by molar-refractivity contribution is 7.78. The molecule has 0 aliphatic rings. The summed E-state index contributed by atoms with van der Waals surface area (Å²) in [4.78, 5) is 0. The Morgan fingerprint density at radius 1 is 1.58 bits per heavy atom. The Morgan fingerprint density at radius 3 is 2.75 bits per heavy atom. The van der Waals surface area contributed by atoms with Crippen LogP contribution in [0.1, 0.15) is 5.56 Å². The van der Waals surface area contributed by atoms with Gasteiger partial charge in [-0.2, -0.15) is 0 Å². The third-order valence-corrected chi connectivity index (χ3v) is 1.94. The quantitative estimate of drug-likeness (QED) is 0.541. The maximum Gasteiger partial charge on any atom is 0.157 e. The van der Waals surface area contributed by atoms with Gasteiger partial charge in [0, 0.05) is 5.69 Å². The van der Waals surface area contributed by atoms with Gasteiger partial charge in [0.15, 0.2) is 11.1 Å². The Hall–Kier alpha value is -0.940. The molecule has 0 aliphatic carbocycles. The van der Waals surface area contributed by atoms with E-state index in [0.717, 1.165) is 6.07 Å². The van der Waals surface area contributed by atoms with Gasteiger partial charge in [-0.25, -0.2) is 8.60 Å². The topological polar surface area (TPSA) is 63.3 Å². The van der Waals surface area contributed by atoms with Crippen LogP contribution in [0.2, 0.25) is 0 Å². The molecule has 1 aromatic rings. The first-order valence-corrected chi connectivity index (χ1v) is 4.48. The second-order valence-corrected chi connectivity index (χ2v) is 3.24. The molecule has 0 spiro atoms. The Balaban J connectivity index is 2.93. The molecule has 3 N–H and O–H groups in total. The summed E-state index contributed by atoms with van der Waals surface area (Å²) in [6.45, 7) is 0. The van der Waals surface area contributed by atoms with E-state index < -0.39 is 16.9 Å². The molecule has 0 bridgehead atoms. The average molecular weight is 189 g/mol. The van der Waals surface area contributed by atoms with Gasteiger partial charge in [-0.1, -0.05) is 6.07 Å². The first-order chi connectivity index (χ1) is 5.59. The summed E-state index contributed by atoms with van der Waals surface area (Å²) < 4.78 is 31.4. The summed E-state index contributed by atoms with van der Waals surface area (Å²) in [5.41, 5.74) is 6.07. The largest absolute Gasteiger partial charge is 0.398 e. The lowest BCUT2D eigenvalue weighted by molar-refractivity contribution is 0.563. The normalized spacial score (nSPS) is 12.8. The predicted octanol–water partition coefficient (Wildman–Crippen LogP) is 1.13. The molecule has 0 aliphatic heterocycles. The molecular formula is C7H8FNO2S. The first-order valence-electron chi connectivity index (χ1n) is 3.21. The van der Waals surface area contributed by atoms with Gasteiger partial charge < -0.3 is 10.3 Å². The van der Waals surface area contributed by atoms with E-state index in [4.69, 9.17) is 10.3 Å². The van der Waals surface area contributed by atoms with Crippen LogP contribution in [0, 0.1) is 5.82 Å². The standard InChI is InChI=1S/C7H8FNO2S/c8-6-2-1-5(4-12(10)11)7(9)3-6/h1-3H,4,9H2,(H,10,11). The number of hydrogen-bond donors (Lipinski definition) is 2. The lowest BCUT2D eigenvalue weighted by Crippen LogP contribution is -1.99. The third-order valence-electron chi connectivity index (χ3n) is 1.39. The molecule has 12 heavy (non-hydrogen) atoms. The van der Waals surface area contributed by atoms with Crippen molar-refractivity contribution in [3.63, 3.8) is 0 Å². The summed E-state index contributed by atoms with van der Waals surface area (Å²) in [5, 5.41) is 0.